The molecule has 2 unspecified atom stereocenters. The van der Waals surface area contributed by atoms with Crippen LogP contribution in [0.2, 0.25) is 0 Å². The van der Waals surface area contributed by atoms with Crippen molar-refractivity contribution in [3.8, 4) is 5.88 Å². The molecular weight excluding hydrogens is 436 g/mol. The van der Waals surface area contributed by atoms with E-state index in [1.54, 1.807) is 10.9 Å². The Labute approximate surface area is 201 Å². The van der Waals surface area contributed by atoms with Crippen LogP contribution in [0.3, 0.4) is 0 Å². The van der Waals surface area contributed by atoms with Crippen LogP contribution >= 0.6 is 0 Å². The summed E-state index contributed by atoms with van der Waals surface area (Å²) in [5, 5.41) is 21.4. The Hall–Kier alpha value is -2.29. The highest BCUT2D eigenvalue weighted by molar-refractivity contribution is 5.96. The molecule has 0 spiro atoms. The third-order valence-electron chi connectivity index (χ3n) is 7.70. The Bertz CT molecular complexity index is 895. The van der Waals surface area contributed by atoms with Crippen LogP contribution in [0, 0.1) is 23.7 Å². The molecule has 1 aromatic heterocycles. The number of rotatable bonds is 9. The maximum absolute atomic E-state index is 13.4. The molecule has 4 saturated carbocycles. The van der Waals surface area contributed by atoms with Gasteiger partial charge >= 0.3 is 6.09 Å². The smallest absolute Gasteiger partial charge is 0.407 e. The fourth-order valence-electron chi connectivity index (χ4n) is 6.31. The number of methoxy groups -OCH3 is 1. The number of nitrogens with one attached hydrogen (secondary N) is 2. The number of ether oxygens (including phenoxy) is 2. The maximum Gasteiger partial charge on any atom is 0.407 e. The summed E-state index contributed by atoms with van der Waals surface area (Å²) in [4.78, 5) is 25.0. The zero-order valence-corrected chi connectivity index (χ0v) is 21.1. The van der Waals surface area contributed by atoms with Crippen LogP contribution < -0.4 is 15.4 Å². The highest BCUT2D eigenvalue weighted by Crippen LogP contribution is 2.55. The Morgan fingerprint density at radius 1 is 1.26 bits per heavy atom. The van der Waals surface area contributed by atoms with Gasteiger partial charge in [0.05, 0.1) is 25.5 Å². The number of amides is 2. The second kappa shape index (κ2) is 9.40. The van der Waals surface area contributed by atoms with Gasteiger partial charge in [0.15, 0.2) is 0 Å². The zero-order chi connectivity index (χ0) is 24.7. The van der Waals surface area contributed by atoms with Gasteiger partial charge in [-0.2, -0.15) is 5.10 Å². The lowest BCUT2D eigenvalue weighted by Gasteiger charge is -2.58. The normalized spacial score (nSPS) is 29.9. The third kappa shape index (κ3) is 5.34. The molecule has 3 N–H and O–H groups in total. The molecular formula is C25H40N4O5. The fourth-order valence-corrected chi connectivity index (χ4v) is 6.31. The first-order valence-electron chi connectivity index (χ1n) is 12.6. The second-order valence-electron chi connectivity index (χ2n) is 11.7. The standard InChI is InChI=1S/C25H40N4O5/c1-15(2)14-34-22-19(13-26-29(22)7-6-24(3,4)28-23(31)33-5)21(30)27-20-17-8-16-9-18(20)12-25(32,10-16)11-17/h13,15-18,20,32H,6-12,14H2,1-5H3,(H,27,30)(H,28,31)/t16?,17?,18?,20-,25-. The molecule has 0 radical (unpaired) electrons. The van der Waals surface area contributed by atoms with Gasteiger partial charge in [-0.05, 0) is 76.0 Å². The van der Waals surface area contributed by atoms with Gasteiger partial charge in [-0.25, -0.2) is 9.48 Å². The molecule has 2 amide bonds. The van der Waals surface area contributed by atoms with Crippen molar-refractivity contribution in [3.63, 3.8) is 0 Å². The van der Waals surface area contributed by atoms with Crippen molar-refractivity contribution >= 4 is 12.0 Å². The number of aryl methyl sites for hydroxylation is 1. The van der Waals surface area contributed by atoms with E-state index in [4.69, 9.17) is 9.47 Å². The molecule has 9 heteroatoms. The summed E-state index contributed by atoms with van der Waals surface area (Å²) in [5.74, 6) is 1.84. The van der Waals surface area contributed by atoms with E-state index in [2.05, 4.69) is 29.6 Å². The number of hydrogen-bond acceptors (Lipinski definition) is 6. The molecule has 4 fully saturated rings. The van der Waals surface area contributed by atoms with Crippen LogP contribution in [-0.2, 0) is 11.3 Å². The van der Waals surface area contributed by atoms with Crippen LogP contribution in [-0.4, -0.2) is 57.8 Å². The number of carbonyl (C=O) groups is 2. The summed E-state index contributed by atoms with van der Waals surface area (Å²) in [7, 11) is 1.34. The molecule has 34 heavy (non-hydrogen) atoms. The maximum atomic E-state index is 13.4. The van der Waals surface area contributed by atoms with Crippen molar-refractivity contribution < 1.29 is 24.2 Å². The Morgan fingerprint density at radius 2 is 1.94 bits per heavy atom. The summed E-state index contributed by atoms with van der Waals surface area (Å²) in [5.41, 5.74) is -0.608. The topological polar surface area (TPSA) is 115 Å². The second-order valence-corrected chi connectivity index (χ2v) is 11.7. The van der Waals surface area contributed by atoms with Crippen molar-refractivity contribution in [1.29, 1.82) is 0 Å². The highest BCUT2D eigenvalue weighted by Gasteiger charge is 2.55. The van der Waals surface area contributed by atoms with Gasteiger partial charge in [-0.1, -0.05) is 13.8 Å². The number of aromatic nitrogens is 2. The van der Waals surface area contributed by atoms with Gasteiger partial charge in [-0.15, -0.1) is 0 Å². The lowest BCUT2D eigenvalue weighted by atomic mass is 9.52. The van der Waals surface area contributed by atoms with E-state index < -0.39 is 17.2 Å². The lowest BCUT2D eigenvalue weighted by Crippen LogP contribution is -2.61. The van der Waals surface area contributed by atoms with Gasteiger partial charge in [0.25, 0.3) is 5.91 Å². The first-order valence-corrected chi connectivity index (χ1v) is 12.6. The minimum Gasteiger partial charge on any atom is -0.477 e. The van der Waals surface area contributed by atoms with Gasteiger partial charge in [0.1, 0.15) is 5.56 Å². The van der Waals surface area contributed by atoms with Crippen molar-refractivity contribution in [2.45, 2.75) is 89.9 Å². The van der Waals surface area contributed by atoms with Crippen LogP contribution in [0.4, 0.5) is 4.79 Å². The number of carbonyl (C=O) groups excluding carboxylic acids is 2. The number of aliphatic hydroxyl groups is 1. The minimum absolute atomic E-state index is 0.0915. The average molecular weight is 477 g/mol. The average Bonchev–Trinajstić information content (AvgIpc) is 3.14. The van der Waals surface area contributed by atoms with Crippen molar-refractivity contribution in [2.75, 3.05) is 13.7 Å². The molecule has 0 aliphatic heterocycles. The minimum atomic E-state index is -0.529. The van der Waals surface area contributed by atoms with Gasteiger partial charge in [-0.3, -0.25) is 4.79 Å². The highest BCUT2D eigenvalue weighted by atomic mass is 16.5. The molecule has 2 atom stereocenters. The number of nitrogens with zero attached hydrogens (tertiary/aromatic N) is 2. The molecule has 0 aromatic carbocycles. The summed E-state index contributed by atoms with van der Waals surface area (Å²) < 4.78 is 12.5. The van der Waals surface area contributed by atoms with E-state index in [1.165, 1.54) is 7.11 Å². The largest absolute Gasteiger partial charge is 0.477 e. The molecule has 9 nitrogen and oxygen atoms in total. The molecule has 4 aliphatic rings. The van der Waals surface area contributed by atoms with Crippen molar-refractivity contribution in [3.05, 3.63) is 11.8 Å². The SMILES string of the molecule is COC(=O)NC(C)(C)CCn1ncc(C(=O)N[C@H]2C3CC4CC2C[C@](O)(C4)C3)c1OCC(C)C. The van der Waals surface area contributed by atoms with Crippen LogP contribution in [0.15, 0.2) is 6.20 Å². The molecule has 1 heterocycles. The molecule has 4 aliphatic carbocycles. The molecule has 5 rings (SSSR count). The summed E-state index contributed by atoms with van der Waals surface area (Å²) in [6.07, 6.45) is 6.32. The van der Waals surface area contributed by atoms with E-state index in [0.29, 0.717) is 54.7 Å². The third-order valence-corrected chi connectivity index (χ3v) is 7.70. The molecule has 4 bridgehead atoms. The zero-order valence-electron chi connectivity index (χ0n) is 21.1. The number of hydrogen-bond donors (Lipinski definition) is 3. The monoisotopic (exact) mass is 476 g/mol. The van der Waals surface area contributed by atoms with E-state index in [0.717, 1.165) is 32.1 Å². The molecule has 190 valence electrons. The van der Waals surface area contributed by atoms with Gasteiger partial charge < -0.3 is 25.2 Å². The predicted molar refractivity (Wildman–Crippen MR) is 127 cm³/mol. The van der Waals surface area contributed by atoms with Crippen LogP contribution in [0.5, 0.6) is 5.88 Å². The summed E-state index contributed by atoms with van der Waals surface area (Å²) in [6.45, 7) is 8.89. The van der Waals surface area contributed by atoms with Gasteiger partial charge in [0, 0.05) is 18.1 Å². The van der Waals surface area contributed by atoms with Crippen LogP contribution in [0.25, 0.3) is 0 Å². The number of alkyl carbamates (subject to hydrolysis) is 1. The predicted octanol–water partition coefficient (Wildman–Crippen LogP) is 3.11. The fraction of sp³-hybridized carbons (Fsp3) is 0.800. The summed E-state index contributed by atoms with van der Waals surface area (Å²) in [6, 6.07) is 0.0915. The summed E-state index contributed by atoms with van der Waals surface area (Å²) >= 11 is 0. The van der Waals surface area contributed by atoms with E-state index in [1.807, 2.05) is 13.8 Å². The quantitative estimate of drug-likeness (QED) is 0.505. The first kappa shape index (κ1) is 24.8. The van der Waals surface area contributed by atoms with Crippen LogP contribution in [0.1, 0.15) is 76.6 Å². The van der Waals surface area contributed by atoms with Crippen molar-refractivity contribution in [1.82, 2.24) is 20.4 Å². The first-order chi connectivity index (χ1) is 16.0. The Kier molecular flexibility index (Phi) is 6.86. The van der Waals surface area contributed by atoms with E-state index in [9.17, 15) is 14.7 Å². The van der Waals surface area contributed by atoms with E-state index in [-0.39, 0.29) is 11.9 Å². The Balaban J connectivity index is 1.47. The Morgan fingerprint density at radius 3 is 2.53 bits per heavy atom. The van der Waals surface area contributed by atoms with E-state index >= 15 is 0 Å². The van der Waals surface area contributed by atoms with Gasteiger partial charge in [0.2, 0.25) is 5.88 Å². The molecule has 0 saturated heterocycles. The molecule has 1 aromatic rings. The van der Waals surface area contributed by atoms with Crippen molar-refractivity contribution in [2.24, 2.45) is 23.7 Å². The lowest BCUT2D eigenvalue weighted by molar-refractivity contribution is -0.136.